The lowest BCUT2D eigenvalue weighted by molar-refractivity contribution is -0.286. The Kier molecular flexibility index (Phi) is 3.40. The van der Waals surface area contributed by atoms with Crippen molar-refractivity contribution < 1.29 is 33.0 Å². The van der Waals surface area contributed by atoms with Crippen LogP contribution in [0.3, 0.4) is 0 Å². The summed E-state index contributed by atoms with van der Waals surface area (Å²) in [5, 5.41) is 15.8. The molecule has 2 aliphatic heterocycles. The zero-order valence-electron chi connectivity index (χ0n) is 13.5. The van der Waals surface area contributed by atoms with Gasteiger partial charge in [-0.25, -0.2) is 4.68 Å². The third-order valence-corrected chi connectivity index (χ3v) is 4.28. The Bertz CT molecular complexity index is 940. The van der Waals surface area contributed by atoms with Crippen LogP contribution in [0.2, 0.25) is 0 Å². The van der Waals surface area contributed by atoms with E-state index >= 15 is 0 Å². The van der Waals surface area contributed by atoms with Crippen LogP contribution in [0.4, 0.5) is 14.6 Å². The van der Waals surface area contributed by atoms with Crippen molar-refractivity contribution in [2.24, 2.45) is 0 Å². The van der Waals surface area contributed by atoms with Gasteiger partial charge in [-0.2, -0.15) is 5.10 Å². The van der Waals surface area contributed by atoms with Crippen molar-refractivity contribution in [3.8, 4) is 11.5 Å². The van der Waals surface area contributed by atoms with Crippen molar-refractivity contribution in [2.45, 2.75) is 32.1 Å². The van der Waals surface area contributed by atoms with Gasteiger partial charge in [-0.1, -0.05) is 6.07 Å². The maximum atomic E-state index is 13.2. The summed E-state index contributed by atoms with van der Waals surface area (Å²) in [6.07, 6.45) is -3.65. The molecule has 2 aliphatic rings. The molecule has 0 unspecified atom stereocenters. The van der Waals surface area contributed by atoms with Gasteiger partial charge in [0, 0.05) is 17.9 Å². The van der Waals surface area contributed by atoms with E-state index in [-0.39, 0.29) is 23.8 Å². The molecule has 1 aromatic carbocycles. The highest BCUT2D eigenvalue weighted by atomic mass is 19.3. The Labute approximate surface area is 145 Å². The molecule has 0 saturated carbocycles. The summed E-state index contributed by atoms with van der Waals surface area (Å²) < 4.78 is 36.5. The monoisotopic (exact) mass is 365 g/mol. The molecule has 26 heavy (non-hydrogen) atoms. The third-order valence-electron chi connectivity index (χ3n) is 4.28. The van der Waals surface area contributed by atoms with E-state index in [1.807, 2.05) is 0 Å². The highest BCUT2D eigenvalue weighted by molar-refractivity contribution is 5.95. The number of carboxylic acids is 1. The minimum Gasteiger partial charge on any atom is -0.480 e. The Balaban J connectivity index is 1.77. The lowest BCUT2D eigenvalue weighted by atomic mass is 9.85. The summed E-state index contributed by atoms with van der Waals surface area (Å²) in [4.78, 5) is 23.1. The Morgan fingerprint density at radius 3 is 2.88 bits per heavy atom. The first-order chi connectivity index (χ1) is 12.2. The summed E-state index contributed by atoms with van der Waals surface area (Å²) in [5.74, 6) is -1.79. The average Bonchev–Trinajstić information content (AvgIpc) is 3.00. The maximum Gasteiger partial charge on any atom is 0.586 e. The van der Waals surface area contributed by atoms with E-state index in [1.54, 1.807) is 13.0 Å². The first-order valence-corrected chi connectivity index (χ1v) is 7.72. The van der Waals surface area contributed by atoms with Crippen LogP contribution in [0.25, 0.3) is 0 Å². The highest BCUT2D eigenvalue weighted by Gasteiger charge is 2.44. The lowest BCUT2D eigenvalue weighted by Gasteiger charge is -2.24. The van der Waals surface area contributed by atoms with Crippen molar-refractivity contribution in [1.29, 1.82) is 0 Å². The van der Waals surface area contributed by atoms with Gasteiger partial charge < -0.3 is 19.9 Å². The van der Waals surface area contributed by atoms with Gasteiger partial charge in [0.15, 0.2) is 11.5 Å². The molecular weight excluding hydrogens is 352 g/mol. The van der Waals surface area contributed by atoms with E-state index in [2.05, 4.69) is 19.9 Å². The largest absolute Gasteiger partial charge is 0.586 e. The molecular formula is C16H13F2N3O5. The molecule has 0 fully saturated rings. The topological polar surface area (TPSA) is 103 Å². The van der Waals surface area contributed by atoms with Crippen LogP contribution in [0.5, 0.6) is 11.5 Å². The molecule has 0 spiro atoms. The minimum atomic E-state index is -3.72. The van der Waals surface area contributed by atoms with Gasteiger partial charge in [0.05, 0.1) is 5.69 Å². The normalized spacial score (nSPS) is 19.8. The molecule has 0 saturated heterocycles. The summed E-state index contributed by atoms with van der Waals surface area (Å²) in [7, 11) is 0. The number of hydrogen-bond donors (Lipinski definition) is 2. The number of ether oxygens (including phenoxy) is 2. The van der Waals surface area contributed by atoms with Crippen molar-refractivity contribution >= 4 is 17.7 Å². The number of benzene rings is 1. The van der Waals surface area contributed by atoms with Crippen LogP contribution >= 0.6 is 0 Å². The smallest absolute Gasteiger partial charge is 0.480 e. The maximum absolute atomic E-state index is 13.2. The molecule has 8 nitrogen and oxygen atoms in total. The van der Waals surface area contributed by atoms with Gasteiger partial charge in [-0.15, -0.1) is 8.78 Å². The molecule has 2 aromatic rings. The molecule has 136 valence electrons. The molecule has 3 heterocycles. The fourth-order valence-corrected chi connectivity index (χ4v) is 3.32. The second-order valence-electron chi connectivity index (χ2n) is 6.08. The summed E-state index contributed by atoms with van der Waals surface area (Å²) in [6.45, 7) is 1.29. The zero-order chi connectivity index (χ0) is 18.6. The van der Waals surface area contributed by atoms with Gasteiger partial charge in [-0.3, -0.25) is 9.59 Å². The first-order valence-electron chi connectivity index (χ1n) is 7.72. The number of fused-ring (bicyclic) bond motifs is 2. The van der Waals surface area contributed by atoms with Gasteiger partial charge in [0.2, 0.25) is 5.91 Å². The number of halogens is 2. The number of amides is 1. The zero-order valence-corrected chi connectivity index (χ0v) is 13.5. The summed E-state index contributed by atoms with van der Waals surface area (Å²) in [5.41, 5.74) is 1.77. The van der Waals surface area contributed by atoms with Crippen molar-refractivity contribution in [2.75, 3.05) is 5.32 Å². The van der Waals surface area contributed by atoms with Gasteiger partial charge >= 0.3 is 12.3 Å². The van der Waals surface area contributed by atoms with E-state index in [4.69, 9.17) is 5.11 Å². The number of anilines is 1. The Morgan fingerprint density at radius 2 is 2.15 bits per heavy atom. The highest BCUT2D eigenvalue weighted by Crippen LogP contribution is 2.45. The Morgan fingerprint density at radius 1 is 1.42 bits per heavy atom. The Hall–Kier alpha value is -3.17. The predicted molar refractivity (Wildman–Crippen MR) is 82.3 cm³/mol. The molecule has 10 heteroatoms. The molecule has 1 atom stereocenters. The van der Waals surface area contributed by atoms with E-state index in [0.717, 1.165) is 0 Å². The number of carbonyl (C=O) groups excluding carboxylic acids is 1. The number of aliphatic carboxylic acids is 1. The van der Waals surface area contributed by atoms with E-state index in [9.17, 15) is 18.4 Å². The van der Waals surface area contributed by atoms with Crippen LogP contribution < -0.4 is 14.8 Å². The van der Waals surface area contributed by atoms with E-state index < -0.39 is 24.7 Å². The van der Waals surface area contributed by atoms with Crippen molar-refractivity contribution in [1.82, 2.24) is 9.78 Å². The molecule has 0 radical (unpaired) electrons. The van der Waals surface area contributed by atoms with Crippen LogP contribution in [-0.4, -0.2) is 33.1 Å². The van der Waals surface area contributed by atoms with Gasteiger partial charge in [0.25, 0.3) is 0 Å². The van der Waals surface area contributed by atoms with Crippen LogP contribution in [0, 0.1) is 6.92 Å². The number of aryl methyl sites for hydroxylation is 1. The molecule has 4 rings (SSSR count). The number of rotatable bonds is 3. The lowest BCUT2D eigenvalue weighted by Crippen LogP contribution is -2.26. The fourth-order valence-electron chi connectivity index (χ4n) is 3.32. The number of hydrogen-bond acceptors (Lipinski definition) is 5. The number of aromatic nitrogens is 2. The molecule has 0 aliphatic carbocycles. The minimum absolute atomic E-state index is 0.0721. The first kappa shape index (κ1) is 16.3. The molecule has 0 bridgehead atoms. The second kappa shape index (κ2) is 5.41. The standard InChI is InChI=1S/C16H13F2N3O5/c1-7-14-9(5-12(22)19-15(14)21(20-7)6-13(23)24)8-2-3-10-11(4-8)26-16(17,18)25-10/h2-4,9H,5-6H2,1H3,(H,19,22)(H,23,24)/t9-/m0/s1. The average molecular weight is 365 g/mol. The number of nitrogens with zero attached hydrogens (tertiary/aromatic N) is 2. The summed E-state index contributed by atoms with van der Waals surface area (Å²) in [6, 6.07) is 4.33. The van der Waals surface area contributed by atoms with Crippen molar-refractivity contribution in [3.63, 3.8) is 0 Å². The fraction of sp³-hybridized carbons (Fsp3) is 0.312. The second-order valence-corrected chi connectivity index (χ2v) is 6.08. The van der Waals surface area contributed by atoms with Gasteiger partial charge in [0.1, 0.15) is 12.4 Å². The van der Waals surface area contributed by atoms with Crippen LogP contribution in [0.1, 0.15) is 29.2 Å². The third kappa shape index (κ3) is 2.63. The molecule has 1 aromatic heterocycles. The quantitative estimate of drug-likeness (QED) is 0.863. The van der Waals surface area contributed by atoms with Crippen LogP contribution in [0.15, 0.2) is 18.2 Å². The predicted octanol–water partition coefficient (Wildman–Crippen LogP) is 2.07. The molecule has 2 N–H and O–H groups in total. The number of nitrogens with one attached hydrogen (secondary N) is 1. The summed E-state index contributed by atoms with van der Waals surface area (Å²) >= 11 is 0. The van der Waals surface area contributed by atoms with E-state index in [1.165, 1.54) is 16.8 Å². The van der Waals surface area contributed by atoms with Crippen LogP contribution in [-0.2, 0) is 16.1 Å². The molecule has 1 amide bonds. The van der Waals surface area contributed by atoms with Gasteiger partial charge in [-0.05, 0) is 24.6 Å². The SMILES string of the molecule is Cc1nn(CC(=O)O)c2c1[C@H](c1ccc3c(c1)OC(F)(F)O3)CC(=O)N2. The number of carboxylic acid groups (broad SMARTS) is 1. The van der Waals surface area contributed by atoms with E-state index in [0.29, 0.717) is 22.6 Å². The number of alkyl halides is 2. The number of carbonyl (C=O) groups is 2. The van der Waals surface area contributed by atoms with Crippen molar-refractivity contribution in [3.05, 3.63) is 35.0 Å².